The number of hydrogen-bond acceptors (Lipinski definition) is 2. The number of carbonyl (C=O) groups excluding carboxylic acids is 1. The van der Waals surface area contributed by atoms with E-state index in [1.807, 2.05) is 20.8 Å². The van der Waals surface area contributed by atoms with Gasteiger partial charge in [0.05, 0.1) is 10.4 Å². The molecule has 0 spiro atoms. The van der Waals surface area contributed by atoms with Crippen molar-refractivity contribution in [2.24, 2.45) is 17.1 Å². The van der Waals surface area contributed by atoms with Crippen LogP contribution in [-0.2, 0) is 4.79 Å². The lowest BCUT2D eigenvalue weighted by molar-refractivity contribution is -0.128. The Morgan fingerprint density at radius 3 is 2.00 bits per heavy atom. The minimum Gasteiger partial charge on any atom is -0.392 e. The van der Waals surface area contributed by atoms with Crippen molar-refractivity contribution in [1.82, 2.24) is 5.32 Å². The molecule has 0 rings (SSSR count). The summed E-state index contributed by atoms with van der Waals surface area (Å²) in [6.07, 6.45) is 1.30. The summed E-state index contributed by atoms with van der Waals surface area (Å²) < 4.78 is 0. The lowest BCUT2D eigenvalue weighted by Crippen LogP contribution is -2.51. The summed E-state index contributed by atoms with van der Waals surface area (Å²) in [4.78, 5) is 12.5. The molecule has 0 aromatic heterocycles. The normalized spacial score (nSPS) is 13.6. The maximum atomic E-state index is 12.2. The first-order valence-corrected chi connectivity index (χ1v) is 6.33. The van der Waals surface area contributed by atoms with Crippen molar-refractivity contribution in [3.63, 3.8) is 0 Å². The molecular weight excluding hydrogens is 220 g/mol. The van der Waals surface area contributed by atoms with E-state index in [9.17, 15) is 4.79 Å². The first-order chi connectivity index (χ1) is 7.31. The molecule has 0 aliphatic carbocycles. The van der Waals surface area contributed by atoms with Crippen LogP contribution in [0.15, 0.2) is 0 Å². The molecule has 0 bridgehead atoms. The second-order valence-electron chi connectivity index (χ2n) is 4.66. The molecule has 0 heterocycles. The quantitative estimate of drug-likeness (QED) is 0.705. The van der Waals surface area contributed by atoms with Crippen LogP contribution in [0.5, 0.6) is 0 Å². The van der Waals surface area contributed by atoms with Gasteiger partial charge in [-0.3, -0.25) is 4.79 Å². The fourth-order valence-electron chi connectivity index (χ4n) is 1.54. The van der Waals surface area contributed by atoms with Crippen LogP contribution >= 0.6 is 12.2 Å². The van der Waals surface area contributed by atoms with Crippen molar-refractivity contribution in [1.29, 1.82) is 0 Å². The molecule has 0 aliphatic heterocycles. The van der Waals surface area contributed by atoms with E-state index >= 15 is 0 Å². The second-order valence-corrected chi connectivity index (χ2v) is 5.10. The van der Waals surface area contributed by atoms with E-state index in [2.05, 4.69) is 19.2 Å². The fraction of sp³-hybridized carbons (Fsp3) is 0.833. The molecule has 0 saturated carbocycles. The number of carbonyl (C=O) groups is 1. The van der Waals surface area contributed by atoms with Gasteiger partial charge >= 0.3 is 0 Å². The molecule has 0 fully saturated rings. The third-order valence-electron chi connectivity index (χ3n) is 3.47. The number of nitrogens with two attached hydrogens (primary N) is 1. The monoisotopic (exact) mass is 244 g/mol. The molecule has 1 atom stereocenters. The van der Waals surface area contributed by atoms with Crippen molar-refractivity contribution in [2.45, 2.75) is 53.5 Å². The van der Waals surface area contributed by atoms with Gasteiger partial charge in [0.1, 0.15) is 0 Å². The summed E-state index contributed by atoms with van der Waals surface area (Å²) in [7, 11) is 0. The molecule has 0 saturated heterocycles. The van der Waals surface area contributed by atoms with Gasteiger partial charge < -0.3 is 11.1 Å². The first kappa shape index (κ1) is 15.4. The average molecular weight is 244 g/mol. The van der Waals surface area contributed by atoms with Crippen molar-refractivity contribution in [3.05, 3.63) is 0 Å². The smallest absolute Gasteiger partial charge is 0.233 e. The number of amides is 1. The van der Waals surface area contributed by atoms with Crippen LogP contribution in [0, 0.1) is 11.3 Å². The Hall–Kier alpha value is -0.640. The van der Waals surface area contributed by atoms with E-state index in [1.165, 1.54) is 0 Å². The Morgan fingerprint density at radius 2 is 1.75 bits per heavy atom. The molecule has 1 amide bonds. The first-order valence-electron chi connectivity index (χ1n) is 5.92. The third kappa shape index (κ3) is 3.17. The standard InChI is InChI=1S/C12H24N2OS/c1-6-12(7-2,10(13)16)11(15)14-9(5)8(3)4/h8-9H,6-7H2,1-5H3,(H2,13,16)(H,14,15). The lowest BCUT2D eigenvalue weighted by atomic mass is 9.81. The molecule has 3 N–H and O–H groups in total. The van der Waals surface area contributed by atoms with Gasteiger partial charge in [-0.1, -0.05) is 39.9 Å². The minimum absolute atomic E-state index is 0.0359. The van der Waals surface area contributed by atoms with Gasteiger partial charge in [0.25, 0.3) is 0 Å². The average Bonchev–Trinajstić information content (AvgIpc) is 2.19. The van der Waals surface area contributed by atoms with E-state index in [1.54, 1.807) is 0 Å². The van der Waals surface area contributed by atoms with Crippen LogP contribution in [0.1, 0.15) is 47.5 Å². The predicted octanol–water partition coefficient (Wildman–Crippen LogP) is 2.24. The molecule has 1 unspecified atom stereocenters. The summed E-state index contributed by atoms with van der Waals surface area (Å²) in [5, 5.41) is 3.00. The summed E-state index contributed by atoms with van der Waals surface area (Å²) in [6, 6.07) is 0.138. The Labute approximate surface area is 104 Å². The topological polar surface area (TPSA) is 55.1 Å². The van der Waals surface area contributed by atoms with E-state index in [-0.39, 0.29) is 11.9 Å². The van der Waals surface area contributed by atoms with Crippen molar-refractivity contribution >= 4 is 23.1 Å². The molecule has 94 valence electrons. The third-order valence-corrected chi connectivity index (χ3v) is 3.86. The maximum absolute atomic E-state index is 12.2. The van der Waals surface area contributed by atoms with Gasteiger partial charge in [-0.2, -0.15) is 0 Å². The SMILES string of the molecule is CCC(CC)(C(=O)NC(C)C(C)C)C(N)=S. The molecule has 0 radical (unpaired) electrons. The van der Waals surface area contributed by atoms with E-state index in [0.717, 1.165) is 0 Å². The predicted molar refractivity (Wildman–Crippen MR) is 72.2 cm³/mol. The molecule has 3 nitrogen and oxygen atoms in total. The van der Waals surface area contributed by atoms with Crippen LogP contribution in [0.3, 0.4) is 0 Å². The van der Waals surface area contributed by atoms with Crippen LogP contribution in [0.25, 0.3) is 0 Å². The Morgan fingerprint density at radius 1 is 1.31 bits per heavy atom. The van der Waals surface area contributed by atoms with Crippen LogP contribution < -0.4 is 11.1 Å². The minimum atomic E-state index is -0.682. The van der Waals surface area contributed by atoms with Gasteiger partial charge in [-0.25, -0.2) is 0 Å². The Balaban J connectivity index is 4.83. The van der Waals surface area contributed by atoms with E-state index in [0.29, 0.717) is 23.7 Å². The van der Waals surface area contributed by atoms with Crippen molar-refractivity contribution in [3.8, 4) is 0 Å². The Kier molecular flexibility index (Phi) is 5.94. The highest BCUT2D eigenvalue weighted by Crippen LogP contribution is 2.27. The Bertz CT molecular complexity index is 260. The molecule has 0 aromatic rings. The summed E-state index contributed by atoms with van der Waals surface area (Å²) in [5.74, 6) is 0.368. The van der Waals surface area contributed by atoms with Gasteiger partial charge in [0, 0.05) is 6.04 Å². The highest BCUT2D eigenvalue weighted by Gasteiger charge is 2.38. The number of nitrogens with one attached hydrogen (secondary N) is 1. The summed E-state index contributed by atoms with van der Waals surface area (Å²) in [5.41, 5.74) is 5.03. The fourth-order valence-corrected chi connectivity index (χ4v) is 1.92. The van der Waals surface area contributed by atoms with Gasteiger partial charge in [-0.05, 0) is 25.7 Å². The highest BCUT2D eigenvalue weighted by atomic mass is 32.1. The molecule has 4 heteroatoms. The zero-order valence-electron chi connectivity index (χ0n) is 11.0. The number of thiocarbonyl (C=S) groups is 1. The second kappa shape index (κ2) is 6.18. The molecule has 0 aromatic carbocycles. The lowest BCUT2D eigenvalue weighted by Gasteiger charge is -2.31. The largest absolute Gasteiger partial charge is 0.392 e. The molecular formula is C12H24N2OS. The van der Waals surface area contributed by atoms with Crippen LogP contribution in [-0.4, -0.2) is 16.9 Å². The molecule has 0 aliphatic rings. The number of rotatable bonds is 6. The van der Waals surface area contributed by atoms with Crippen LogP contribution in [0.4, 0.5) is 0 Å². The zero-order chi connectivity index (χ0) is 12.9. The molecule has 16 heavy (non-hydrogen) atoms. The maximum Gasteiger partial charge on any atom is 0.233 e. The zero-order valence-corrected chi connectivity index (χ0v) is 11.8. The van der Waals surface area contributed by atoms with Crippen LogP contribution in [0.2, 0.25) is 0 Å². The summed E-state index contributed by atoms with van der Waals surface area (Å²) >= 11 is 5.04. The highest BCUT2D eigenvalue weighted by molar-refractivity contribution is 7.80. The van der Waals surface area contributed by atoms with Gasteiger partial charge in [-0.15, -0.1) is 0 Å². The van der Waals surface area contributed by atoms with Crippen molar-refractivity contribution in [2.75, 3.05) is 0 Å². The van der Waals surface area contributed by atoms with Crippen molar-refractivity contribution < 1.29 is 4.79 Å². The van der Waals surface area contributed by atoms with Gasteiger partial charge in [0.2, 0.25) is 5.91 Å². The van der Waals surface area contributed by atoms with E-state index in [4.69, 9.17) is 18.0 Å². The van der Waals surface area contributed by atoms with E-state index < -0.39 is 5.41 Å². The van der Waals surface area contributed by atoms with Gasteiger partial charge in [0.15, 0.2) is 0 Å². The summed E-state index contributed by atoms with van der Waals surface area (Å²) in [6.45, 7) is 10.0. The number of hydrogen-bond donors (Lipinski definition) is 2.